The monoisotopic (exact) mass is 402 g/mol. The predicted molar refractivity (Wildman–Crippen MR) is 103 cm³/mol. The van der Waals surface area contributed by atoms with Crippen LogP contribution in [-0.2, 0) is 0 Å². The third-order valence-electron chi connectivity index (χ3n) is 4.60. The van der Waals surface area contributed by atoms with Gasteiger partial charge in [-0.25, -0.2) is 0 Å². The van der Waals surface area contributed by atoms with Crippen LogP contribution >= 0.6 is 15.9 Å². The highest BCUT2D eigenvalue weighted by Crippen LogP contribution is 2.27. The van der Waals surface area contributed by atoms with Crippen molar-refractivity contribution >= 4 is 21.8 Å². The van der Waals surface area contributed by atoms with Gasteiger partial charge >= 0.3 is 0 Å². The summed E-state index contributed by atoms with van der Waals surface area (Å²) in [6.07, 6.45) is 2.42. The summed E-state index contributed by atoms with van der Waals surface area (Å²) in [5, 5.41) is 3.10. The molecule has 1 saturated heterocycles. The van der Waals surface area contributed by atoms with E-state index in [2.05, 4.69) is 38.3 Å². The lowest BCUT2D eigenvalue weighted by Gasteiger charge is -2.28. The fraction of sp³-hybridized carbons (Fsp3) is 0.350. The molecule has 0 aliphatic carbocycles. The molecule has 0 radical (unpaired) electrons. The van der Waals surface area contributed by atoms with E-state index in [0.29, 0.717) is 12.1 Å². The van der Waals surface area contributed by atoms with Crippen molar-refractivity contribution in [2.45, 2.75) is 18.9 Å². The van der Waals surface area contributed by atoms with Gasteiger partial charge in [0.05, 0.1) is 13.2 Å². The molecule has 4 nitrogen and oxygen atoms in total. The Bertz CT molecular complexity index is 729. The number of carbonyl (C=O) groups is 1. The smallest absolute Gasteiger partial charge is 0.251 e. The van der Waals surface area contributed by atoms with Gasteiger partial charge in [-0.3, -0.25) is 9.69 Å². The minimum atomic E-state index is -0.0478. The van der Waals surface area contributed by atoms with Crippen LogP contribution < -0.4 is 10.1 Å². The predicted octanol–water partition coefficient (Wildman–Crippen LogP) is 4.02. The summed E-state index contributed by atoms with van der Waals surface area (Å²) in [6, 6.07) is 15.7. The number of halogens is 1. The molecule has 0 spiro atoms. The van der Waals surface area contributed by atoms with Crippen LogP contribution in [0.25, 0.3) is 0 Å². The summed E-state index contributed by atoms with van der Waals surface area (Å²) in [5.74, 6) is 0.799. The van der Waals surface area contributed by atoms with E-state index >= 15 is 0 Å². The largest absolute Gasteiger partial charge is 0.497 e. The van der Waals surface area contributed by atoms with Gasteiger partial charge in [-0.05, 0) is 61.8 Å². The molecule has 2 aromatic carbocycles. The van der Waals surface area contributed by atoms with E-state index in [1.807, 2.05) is 36.4 Å². The average Bonchev–Trinajstić information content (AvgIpc) is 3.16. The van der Waals surface area contributed by atoms with Gasteiger partial charge in [-0.15, -0.1) is 0 Å². The quantitative estimate of drug-likeness (QED) is 0.792. The van der Waals surface area contributed by atoms with Gasteiger partial charge in [0.15, 0.2) is 0 Å². The number of benzene rings is 2. The molecule has 3 rings (SSSR count). The number of hydrogen-bond donors (Lipinski definition) is 1. The van der Waals surface area contributed by atoms with Crippen molar-refractivity contribution in [2.24, 2.45) is 0 Å². The van der Waals surface area contributed by atoms with E-state index in [9.17, 15) is 4.79 Å². The Balaban J connectivity index is 1.74. The van der Waals surface area contributed by atoms with Crippen LogP contribution in [0.2, 0.25) is 0 Å². The Morgan fingerprint density at radius 3 is 2.68 bits per heavy atom. The summed E-state index contributed by atoms with van der Waals surface area (Å²) < 4.78 is 6.27. The van der Waals surface area contributed by atoms with Crippen molar-refractivity contribution in [2.75, 3.05) is 26.7 Å². The molecule has 1 amide bonds. The van der Waals surface area contributed by atoms with Gasteiger partial charge in [-0.2, -0.15) is 0 Å². The first-order valence-corrected chi connectivity index (χ1v) is 9.38. The Kier molecular flexibility index (Phi) is 6.10. The number of likely N-dealkylation sites (tertiary alicyclic amines) is 1. The second-order valence-corrected chi connectivity index (χ2v) is 7.17. The molecule has 1 aliphatic heterocycles. The molecule has 1 unspecified atom stereocenters. The number of rotatable bonds is 6. The number of nitrogens with zero attached hydrogens (tertiary/aromatic N) is 1. The third-order valence-corrected chi connectivity index (χ3v) is 5.10. The van der Waals surface area contributed by atoms with Gasteiger partial charge in [0, 0.05) is 16.6 Å². The van der Waals surface area contributed by atoms with Crippen LogP contribution in [-0.4, -0.2) is 37.6 Å². The van der Waals surface area contributed by atoms with Crippen molar-refractivity contribution in [3.8, 4) is 5.75 Å². The average molecular weight is 403 g/mol. The normalized spacial score (nSPS) is 15.8. The second-order valence-electron chi connectivity index (χ2n) is 6.26. The van der Waals surface area contributed by atoms with Gasteiger partial charge in [0.2, 0.25) is 0 Å². The topological polar surface area (TPSA) is 41.6 Å². The van der Waals surface area contributed by atoms with E-state index in [1.54, 1.807) is 7.11 Å². The molecular weight excluding hydrogens is 380 g/mol. The number of carbonyl (C=O) groups excluding carboxylic acids is 1. The number of amides is 1. The van der Waals surface area contributed by atoms with Crippen molar-refractivity contribution in [1.82, 2.24) is 10.2 Å². The highest BCUT2D eigenvalue weighted by molar-refractivity contribution is 9.10. The Hall–Kier alpha value is -1.85. The first kappa shape index (κ1) is 18.0. The van der Waals surface area contributed by atoms with E-state index < -0.39 is 0 Å². The minimum absolute atomic E-state index is 0.0478. The maximum absolute atomic E-state index is 12.5. The number of hydrogen-bond acceptors (Lipinski definition) is 3. The van der Waals surface area contributed by atoms with Crippen LogP contribution in [0.1, 0.15) is 34.8 Å². The molecule has 0 aromatic heterocycles. The van der Waals surface area contributed by atoms with Crippen molar-refractivity contribution in [3.05, 3.63) is 64.1 Å². The fourth-order valence-corrected chi connectivity index (χ4v) is 3.68. The SMILES string of the molecule is COc1cccc(C(CNC(=O)c2cccc(Br)c2)N2CCCC2)c1. The molecule has 0 saturated carbocycles. The molecule has 5 heteroatoms. The van der Waals surface area contributed by atoms with Crippen LogP contribution in [0.4, 0.5) is 0 Å². The maximum Gasteiger partial charge on any atom is 0.251 e. The van der Waals surface area contributed by atoms with E-state index in [-0.39, 0.29) is 11.9 Å². The number of nitrogens with one attached hydrogen (secondary N) is 1. The molecule has 1 aliphatic rings. The van der Waals surface area contributed by atoms with Crippen LogP contribution in [0.5, 0.6) is 5.75 Å². The fourth-order valence-electron chi connectivity index (χ4n) is 3.28. The molecule has 1 atom stereocenters. The molecule has 1 heterocycles. The highest BCUT2D eigenvalue weighted by Gasteiger charge is 2.24. The van der Waals surface area contributed by atoms with Gasteiger partial charge < -0.3 is 10.1 Å². The lowest BCUT2D eigenvalue weighted by molar-refractivity contribution is 0.0938. The second kappa shape index (κ2) is 8.50. The summed E-state index contributed by atoms with van der Waals surface area (Å²) in [7, 11) is 1.68. The van der Waals surface area contributed by atoms with Crippen molar-refractivity contribution < 1.29 is 9.53 Å². The lowest BCUT2D eigenvalue weighted by Crippen LogP contribution is -2.36. The van der Waals surface area contributed by atoms with Crippen LogP contribution in [0.3, 0.4) is 0 Å². The minimum Gasteiger partial charge on any atom is -0.497 e. The van der Waals surface area contributed by atoms with E-state index in [0.717, 1.165) is 23.3 Å². The summed E-state index contributed by atoms with van der Waals surface area (Å²) in [4.78, 5) is 14.9. The summed E-state index contributed by atoms with van der Waals surface area (Å²) in [5.41, 5.74) is 1.84. The lowest BCUT2D eigenvalue weighted by atomic mass is 10.0. The first-order chi connectivity index (χ1) is 12.2. The standard InChI is InChI=1S/C20H23BrN2O2/c1-25-18-9-5-6-15(13-18)19(23-10-2-3-11-23)14-22-20(24)16-7-4-8-17(21)12-16/h4-9,12-13,19H,2-3,10-11,14H2,1H3,(H,22,24). The maximum atomic E-state index is 12.5. The Morgan fingerprint density at radius 2 is 1.96 bits per heavy atom. The van der Waals surface area contributed by atoms with Crippen molar-refractivity contribution in [3.63, 3.8) is 0 Å². The third kappa shape index (κ3) is 4.61. The van der Waals surface area contributed by atoms with Crippen molar-refractivity contribution in [1.29, 1.82) is 0 Å². The van der Waals surface area contributed by atoms with Gasteiger partial charge in [0.1, 0.15) is 5.75 Å². The zero-order valence-corrected chi connectivity index (χ0v) is 16.0. The molecule has 132 valence electrons. The number of methoxy groups -OCH3 is 1. The molecule has 1 fully saturated rings. The Morgan fingerprint density at radius 1 is 1.20 bits per heavy atom. The molecule has 0 bridgehead atoms. The summed E-state index contributed by atoms with van der Waals surface area (Å²) >= 11 is 3.41. The van der Waals surface area contributed by atoms with Crippen LogP contribution in [0, 0.1) is 0 Å². The zero-order chi connectivity index (χ0) is 17.6. The molecule has 25 heavy (non-hydrogen) atoms. The van der Waals surface area contributed by atoms with Gasteiger partial charge in [0.25, 0.3) is 5.91 Å². The molecule has 2 aromatic rings. The van der Waals surface area contributed by atoms with E-state index in [4.69, 9.17) is 4.74 Å². The first-order valence-electron chi connectivity index (χ1n) is 8.59. The zero-order valence-electron chi connectivity index (χ0n) is 14.4. The van der Waals surface area contributed by atoms with Crippen LogP contribution in [0.15, 0.2) is 53.0 Å². The Labute approximate surface area is 157 Å². The highest BCUT2D eigenvalue weighted by atomic mass is 79.9. The van der Waals surface area contributed by atoms with Gasteiger partial charge in [-0.1, -0.05) is 34.1 Å². The molecular formula is C20H23BrN2O2. The molecule has 1 N–H and O–H groups in total. The van der Waals surface area contributed by atoms with E-state index in [1.165, 1.54) is 18.4 Å². The number of ether oxygens (including phenoxy) is 1. The summed E-state index contributed by atoms with van der Waals surface area (Å²) in [6.45, 7) is 2.71.